The summed E-state index contributed by atoms with van der Waals surface area (Å²) >= 11 is 0. The van der Waals surface area contributed by atoms with Crippen molar-refractivity contribution in [2.24, 2.45) is 0 Å². The number of hydrogen-bond donors (Lipinski definition) is 0. The molecule has 8 nitrogen and oxygen atoms in total. The zero-order chi connectivity index (χ0) is 9.00. The summed E-state index contributed by atoms with van der Waals surface area (Å²) in [5, 5.41) is 0. The topological polar surface area (TPSA) is 172 Å². The molecular formula is H3BO8P2Sr3. The fourth-order valence-electron chi connectivity index (χ4n) is 0. The normalized spacial score (nSPS) is 8.43. The molecule has 0 spiro atoms. The molecule has 0 aromatic heterocycles. The number of hydrogen-bond acceptors (Lipinski definition) is 8. The van der Waals surface area contributed by atoms with Gasteiger partial charge in [-0.1, -0.05) is 0 Å². The fourth-order valence-corrected chi connectivity index (χ4v) is 0. The molecule has 0 saturated carbocycles. The number of rotatable bonds is 0. The first-order valence-electron chi connectivity index (χ1n) is 1.46. The van der Waals surface area contributed by atoms with Crippen LogP contribution < -0.4 is 29.4 Å². The Morgan fingerprint density at radius 3 is 0.571 bits per heavy atom. The maximum Gasteiger partial charge on any atom is 2.00 e. The molecule has 0 aliphatic heterocycles. The van der Waals surface area contributed by atoms with Crippen molar-refractivity contribution in [3.63, 3.8) is 0 Å². The van der Waals surface area contributed by atoms with Crippen LogP contribution >= 0.6 is 15.6 Å². The van der Waals surface area contributed by atoms with E-state index < -0.39 is 15.6 Å². The van der Waals surface area contributed by atoms with Crippen molar-refractivity contribution in [2.75, 3.05) is 0 Å². The molecule has 0 fully saturated rings. The van der Waals surface area contributed by atoms with Crippen molar-refractivity contribution in [2.45, 2.75) is 0 Å². The van der Waals surface area contributed by atoms with Gasteiger partial charge in [0.25, 0.3) is 0 Å². The van der Waals surface area contributed by atoms with Crippen LogP contribution in [-0.2, 0) is 9.13 Å². The standard InChI is InChI=1S/BH3.2H3O4P.3Sr/c;2*1-5(2,3)4;;;/h1H3;2*(H3,1,2,3,4);;;/q;;;3*+2/p-6. The van der Waals surface area contributed by atoms with Crippen molar-refractivity contribution in [1.82, 2.24) is 0 Å². The van der Waals surface area contributed by atoms with Gasteiger partial charge in [-0.2, -0.15) is 15.6 Å². The molecule has 0 radical (unpaired) electrons. The minimum Gasteiger partial charge on any atom is -0.822 e. The van der Waals surface area contributed by atoms with Crippen LogP contribution in [-0.4, -0.2) is 145 Å². The monoisotopic (exact) mass is 468 g/mol. The Kier molecular flexibility index (Phi) is 46.0. The predicted molar refractivity (Wildman–Crippen MR) is 42.4 cm³/mol. The van der Waals surface area contributed by atoms with E-state index in [-0.39, 0.29) is 145 Å². The summed E-state index contributed by atoms with van der Waals surface area (Å²) < 4.78 is 17.1. The second-order valence-corrected chi connectivity index (χ2v) is 2.68. The number of phosphoric acid groups is 2. The Morgan fingerprint density at radius 1 is 0.571 bits per heavy atom. The Hall–Kier alpha value is 4.73. The van der Waals surface area contributed by atoms with Crippen LogP contribution in [0.3, 0.4) is 0 Å². The van der Waals surface area contributed by atoms with E-state index in [1.165, 1.54) is 0 Å². The van der Waals surface area contributed by atoms with E-state index in [1.807, 2.05) is 0 Å². The molecule has 0 aliphatic rings. The summed E-state index contributed by atoms with van der Waals surface area (Å²) in [7, 11) is -10.8. The van der Waals surface area contributed by atoms with Crippen molar-refractivity contribution in [1.29, 1.82) is 0 Å². The third-order valence-electron chi connectivity index (χ3n) is 0. The minimum absolute atomic E-state index is 0. The summed E-state index contributed by atoms with van der Waals surface area (Å²) in [6.07, 6.45) is 0. The molecule has 14 heteroatoms. The van der Waals surface area contributed by atoms with Gasteiger partial charge in [-0.05, 0) is 0 Å². The van der Waals surface area contributed by atoms with Crippen LogP contribution in [0.5, 0.6) is 0 Å². The van der Waals surface area contributed by atoms with Gasteiger partial charge < -0.3 is 38.5 Å². The summed E-state index contributed by atoms with van der Waals surface area (Å²) in [6, 6.07) is 0. The van der Waals surface area contributed by atoms with Gasteiger partial charge in [0.15, 0.2) is 0 Å². The van der Waals surface area contributed by atoms with Gasteiger partial charge in [0.05, 0.1) is 8.41 Å². The molecule has 0 aromatic carbocycles. The summed E-state index contributed by atoms with van der Waals surface area (Å²) in [5.41, 5.74) is 0. The molecule has 0 heterocycles. The second-order valence-electron chi connectivity index (χ2n) is 0.894. The molecule has 0 atom stereocenters. The van der Waals surface area contributed by atoms with E-state index >= 15 is 0 Å². The average Bonchev–Trinajstić information content (AvgIpc) is 1.12. The third kappa shape index (κ3) is 185. The van der Waals surface area contributed by atoms with Gasteiger partial charge in [-0.15, -0.1) is 0 Å². The van der Waals surface area contributed by atoms with Crippen LogP contribution in [0.1, 0.15) is 0 Å². The van der Waals surface area contributed by atoms with Gasteiger partial charge in [-0.3, -0.25) is 0 Å². The molecule has 14 heavy (non-hydrogen) atoms. The molecule has 0 saturated heterocycles. The molecule has 0 aromatic rings. The van der Waals surface area contributed by atoms with Crippen molar-refractivity contribution < 1.29 is 38.5 Å². The van der Waals surface area contributed by atoms with E-state index in [0.717, 1.165) is 0 Å². The quantitative estimate of drug-likeness (QED) is 0.250. The van der Waals surface area contributed by atoms with Gasteiger partial charge >= 0.3 is 136 Å². The zero-order valence-corrected chi connectivity index (χ0v) is 18.5. The van der Waals surface area contributed by atoms with E-state index in [1.54, 1.807) is 0 Å². The molecule has 0 rings (SSSR count). The maximum atomic E-state index is 8.55. The molecule has 0 amide bonds. The van der Waals surface area contributed by atoms with Crippen molar-refractivity contribution in [3.05, 3.63) is 0 Å². The maximum absolute atomic E-state index is 8.55. The van der Waals surface area contributed by atoms with Gasteiger partial charge in [0, 0.05) is 0 Å². The van der Waals surface area contributed by atoms with Crippen molar-refractivity contribution >= 4 is 161 Å². The zero-order valence-electron chi connectivity index (χ0n) is 6.28. The smallest absolute Gasteiger partial charge is 0.822 e. The Balaban J connectivity index is -0.0000000178. The van der Waals surface area contributed by atoms with Crippen molar-refractivity contribution in [3.8, 4) is 0 Å². The molecule has 0 N–H and O–H groups in total. The third-order valence-corrected chi connectivity index (χ3v) is 0. The predicted octanol–water partition coefficient (Wildman–Crippen LogP) is -7.98. The molecular weight excluding hydrogens is 464 g/mol. The SMILES string of the molecule is B.O=P([O-])([O-])[O-].O=P([O-])([O-])[O-].[Sr+2].[Sr+2].[Sr+2]. The Bertz CT molecular complexity index is 135. The Morgan fingerprint density at radius 2 is 0.571 bits per heavy atom. The largest absolute Gasteiger partial charge is 2.00 e. The summed E-state index contributed by atoms with van der Waals surface area (Å²) in [6.45, 7) is 0. The van der Waals surface area contributed by atoms with Gasteiger partial charge in [-0.25, -0.2) is 0 Å². The van der Waals surface area contributed by atoms with Crippen LogP contribution in [0.4, 0.5) is 0 Å². The van der Waals surface area contributed by atoms with E-state index in [0.29, 0.717) is 0 Å². The fraction of sp³-hybridized carbons (Fsp3) is 0. The first kappa shape index (κ1) is 36.3. The minimum atomic E-state index is -5.39. The second kappa shape index (κ2) is 17.7. The van der Waals surface area contributed by atoms with Crippen LogP contribution in [0, 0.1) is 0 Å². The van der Waals surface area contributed by atoms with E-state index in [4.69, 9.17) is 38.5 Å². The van der Waals surface area contributed by atoms with E-state index in [2.05, 4.69) is 0 Å². The summed E-state index contributed by atoms with van der Waals surface area (Å²) in [4.78, 5) is 51.3. The van der Waals surface area contributed by atoms with Gasteiger partial charge in [0.1, 0.15) is 0 Å². The summed E-state index contributed by atoms with van der Waals surface area (Å²) in [5.74, 6) is 0. The average molecular weight is 467 g/mol. The first-order chi connectivity index (χ1) is 4.00. The van der Waals surface area contributed by atoms with Gasteiger partial charge in [0.2, 0.25) is 0 Å². The van der Waals surface area contributed by atoms with Crippen LogP contribution in [0.2, 0.25) is 0 Å². The molecule has 0 aliphatic carbocycles. The van der Waals surface area contributed by atoms with Crippen LogP contribution in [0.25, 0.3) is 0 Å². The Labute approximate surface area is 194 Å². The molecule has 0 bridgehead atoms. The van der Waals surface area contributed by atoms with Crippen LogP contribution in [0.15, 0.2) is 0 Å². The first-order valence-corrected chi connectivity index (χ1v) is 4.38. The van der Waals surface area contributed by atoms with E-state index in [9.17, 15) is 0 Å². The molecule has 0 unspecified atom stereocenters. The molecule has 70 valence electrons.